The number of nitrogens with one attached hydrogen (secondary N) is 4. The first-order valence-electron chi connectivity index (χ1n) is 19.8. The van der Waals surface area contributed by atoms with E-state index < -0.39 is 64.9 Å². The quantitative estimate of drug-likeness (QED) is 0.0654. The van der Waals surface area contributed by atoms with Gasteiger partial charge in [0.2, 0.25) is 17.2 Å². The molecule has 328 valence electrons. The Morgan fingerprint density at radius 1 is 0.903 bits per heavy atom. The molecule has 6 amide bonds. The van der Waals surface area contributed by atoms with Crippen LogP contribution < -0.4 is 37.3 Å². The van der Waals surface area contributed by atoms with Crippen LogP contribution in [0.15, 0.2) is 89.9 Å². The van der Waals surface area contributed by atoms with Gasteiger partial charge in [-0.1, -0.05) is 49.0 Å². The van der Waals surface area contributed by atoms with E-state index in [2.05, 4.69) is 27.8 Å². The summed E-state index contributed by atoms with van der Waals surface area (Å²) in [7, 11) is 0. The van der Waals surface area contributed by atoms with Gasteiger partial charge in [0.1, 0.15) is 36.7 Å². The lowest BCUT2D eigenvalue weighted by Gasteiger charge is -2.35. The van der Waals surface area contributed by atoms with E-state index in [9.17, 15) is 38.7 Å². The van der Waals surface area contributed by atoms with Crippen LogP contribution >= 0.6 is 0 Å². The highest BCUT2D eigenvalue weighted by Gasteiger charge is 2.29. The lowest BCUT2D eigenvalue weighted by molar-refractivity contribution is -0.127. The Labute approximate surface area is 355 Å². The number of benzene rings is 3. The number of hydrogen-bond acceptors (Lipinski definition) is 10. The van der Waals surface area contributed by atoms with Crippen molar-refractivity contribution in [2.75, 3.05) is 42.9 Å². The Bertz CT molecular complexity index is 2370. The number of nitrogens with zero attached hydrogens (tertiary/aromatic N) is 3. The Hall–Kier alpha value is -7.44. The van der Waals surface area contributed by atoms with E-state index in [4.69, 9.17) is 15.2 Å². The van der Waals surface area contributed by atoms with E-state index >= 15 is 4.39 Å². The van der Waals surface area contributed by atoms with Crippen molar-refractivity contribution in [1.29, 1.82) is 0 Å². The maximum Gasteiger partial charge on any atom is 0.410 e. The highest BCUT2D eigenvalue weighted by atomic mass is 19.1. The molecule has 1 fully saturated rings. The molecule has 18 nitrogen and oxygen atoms in total. The smallest absolute Gasteiger partial charge is 0.410 e. The maximum absolute atomic E-state index is 15.3. The van der Waals surface area contributed by atoms with Crippen LogP contribution in [0.5, 0.6) is 0 Å². The number of anilines is 2. The van der Waals surface area contributed by atoms with E-state index in [0.29, 0.717) is 23.3 Å². The number of carboxylic acid groups (broad SMARTS) is 1. The van der Waals surface area contributed by atoms with Gasteiger partial charge in [-0.05, 0) is 67.7 Å². The molecule has 2 heterocycles. The van der Waals surface area contributed by atoms with Crippen LogP contribution in [0, 0.1) is 5.82 Å². The SMILES string of the molecule is C=C(C)[C@H](NC(=O)OCc1ccccc1)C(=O)N[C@@H](CCCNC(N)=O)C(=O)Nc1ccc(COC(=O)N2CCN(c3cc4c(cc3F)c(=O)c(C(=O)O)cn4CC)CC2)cc1. The number of alkyl carbamates (subject to hydrolysis) is 1. The highest BCUT2D eigenvalue weighted by molar-refractivity contribution is 5.99. The number of fused-ring (bicyclic) bond motifs is 1. The third kappa shape index (κ3) is 12.1. The van der Waals surface area contributed by atoms with Gasteiger partial charge in [0.15, 0.2) is 0 Å². The molecule has 7 N–H and O–H groups in total. The zero-order valence-corrected chi connectivity index (χ0v) is 34.3. The number of carbonyl (C=O) groups excluding carboxylic acids is 5. The van der Waals surface area contributed by atoms with Crippen LogP contribution in [0.4, 0.5) is 30.1 Å². The van der Waals surface area contributed by atoms with Crippen molar-refractivity contribution < 1.29 is 47.7 Å². The summed E-state index contributed by atoms with van der Waals surface area (Å²) in [6.07, 6.45) is 0.160. The first-order chi connectivity index (χ1) is 29.6. The number of aromatic carboxylic acids is 1. The summed E-state index contributed by atoms with van der Waals surface area (Å²) in [5, 5.41) is 19.7. The number of carboxylic acids is 1. The predicted molar refractivity (Wildman–Crippen MR) is 227 cm³/mol. The molecule has 62 heavy (non-hydrogen) atoms. The minimum Gasteiger partial charge on any atom is -0.477 e. The van der Waals surface area contributed by atoms with Crippen LogP contribution in [0.25, 0.3) is 10.9 Å². The summed E-state index contributed by atoms with van der Waals surface area (Å²) < 4.78 is 27.7. The monoisotopic (exact) mass is 856 g/mol. The average molecular weight is 857 g/mol. The molecule has 0 radical (unpaired) electrons. The average Bonchev–Trinajstić information content (AvgIpc) is 3.25. The first kappa shape index (κ1) is 45.6. The number of pyridine rings is 1. The second-order valence-electron chi connectivity index (χ2n) is 14.5. The van der Waals surface area contributed by atoms with E-state index in [1.807, 2.05) is 6.07 Å². The number of aromatic nitrogens is 1. The summed E-state index contributed by atoms with van der Waals surface area (Å²) in [5.74, 6) is -3.37. The van der Waals surface area contributed by atoms with Crippen molar-refractivity contribution in [1.82, 2.24) is 25.4 Å². The van der Waals surface area contributed by atoms with Gasteiger partial charge >= 0.3 is 24.2 Å². The zero-order valence-electron chi connectivity index (χ0n) is 34.3. The minimum absolute atomic E-state index is 0.0291. The van der Waals surface area contributed by atoms with Crippen LogP contribution in [0.3, 0.4) is 0 Å². The van der Waals surface area contributed by atoms with Crippen LogP contribution in [0.2, 0.25) is 0 Å². The highest BCUT2D eigenvalue weighted by Crippen LogP contribution is 2.27. The molecule has 1 aliphatic heterocycles. The molecule has 2 atom stereocenters. The molecule has 1 saturated heterocycles. The Morgan fingerprint density at radius 2 is 1.56 bits per heavy atom. The third-order valence-electron chi connectivity index (χ3n) is 10.0. The summed E-state index contributed by atoms with van der Waals surface area (Å²) >= 11 is 0. The molecule has 5 rings (SSSR count). The van der Waals surface area contributed by atoms with Gasteiger partial charge in [-0.2, -0.15) is 0 Å². The van der Waals surface area contributed by atoms with Crippen molar-refractivity contribution in [3.63, 3.8) is 0 Å². The Morgan fingerprint density at radius 3 is 2.19 bits per heavy atom. The summed E-state index contributed by atoms with van der Waals surface area (Å²) in [4.78, 5) is 91.2. The molecule has 0 spiro atoms. The Kier molecular flexibility index (Phi) is 15.6. The Balaban J connectivity index is 1.14. The van der Waals surface area contributed by atoms with Crippen molar-refractivity contribution >= 4 is 58.3 Å². The van der Waals surface area contributed by atoms with Crippen LogP contribution in [-0.4, -0.2) is 95.4 Å². The number of rotatable bonds is 17. The van der Waals surface area contributed by atoms with Crippen LogP contribution in [0.1, 0.15) is 48.2 Å². The van der Waals surface area contributed by atoms with Gasteiger partial charge in [-0.15, -0.1) is 0 Å². The summed E-state index contributed by atoms with van der Waals surface area (Å²) in [6, 6.07) is 14.9. The van der Waals surface area contributed by atoms with Crippen molar-refractivity contribution in [2.45, 2.75) is 58.5 Å². The minimum atomic E-state index is -1.39. The number of amides is 6. The van der Waals surface area contributed by atoms with Gasteiger partial charge in [-0.3, -0.25) is 14.4 Å². The topological polar surface area (TPSA) is 244 Å². The van der Waals surface area contributed by atoms with Gasteiger partial charge < -0.3 is 55.9 Å². The number of ether oxygens (including phenoxy) is 2. The molecule has 0 unspecified atom stereocenters. The van der Waals surface area contributed by atoms with Crippen molar-refractivity contribution in [3.8, 4) is 0 Å². The normalized spacial score (nSPS) is 13.3. The largest absolute Gasteiger partial charge is 0.477 e. The fourth-order valence-electron chi connectivity index (χ4n) is 6.67. The first-order valence-corrected chi connectivity index (χ1v) is 19.8. The van der Waals surface area contributed by atoms with Gasteiger partial charge in [0, 0.05) is 56.5 Å². The van der Waals surface area contributed by atoms with Gasteiger partial charge in [0.05, 0.1) is 11.2 Å². The third-order valence-corrected chi connectivity index (χ3v) is 10.0. The molecule has 19 heteroatoms. The van der Waals surface area contributed by atoms with E-state index in [1.165, 1.54) is 24.1 Å². The fourth-order valence-corrected chi connectivity index (χ4v) is 6.67. The van der Waals surface area contributed by atoms with Crippen LogP contribution in [-0.2, 0) is 38.8 Å². The lowest BCUT2D eigenvalue weighted by Crippen LogP contribution is -2.53. The van der Waals surface area contributed by atoms with Gasteiger partial charge in [-0.25, -0.2) is 23.6 Å². The van der Waals surface area contributed by atoms with Gasteiger partial charge in [0.25, 0.3) is 0 Å². The molecule has 0 saturated carbocycles. The lowest BCUT2D eigenvalue weighted by atomic mass is 10.1. The summed E-state index contributed by atoms with van der Waals surface area (Å²) in [6.45, 7) is 8.47. The number of nitrogens with two attached hydrogens (primary N) is 1. The zero-order chi connectivity index (χ0) is 44.9. The molecule has 1 aliphatic rings. The van der Waals surface area contributed by atoms with Crippen molar-refractivity contribution in [2.24, 2.45) is 5.73 Å². The predicted octanol–water partition coefficient (Wildman–Crippen LogP) is 4.06. The number of urea groups is 1. The second-order valence-corrected chi connectivity index (χ2v) is 14.5. The standard InChI is InChI=1S/C43H49FN8O10/c1-4-50-23-31(40(56)57)37(53)30-21-32(44)35(22-34(30)50)51-17-19-52(20-18-51)43(60)62-25-28-12-14-29(15-13-28)47-38(54)33(11-8-16-46-41(45)58)48-39(55)36(26(2)3)49-42(59)61-24-27-9-6-5-7-10-27/h5-7,9-10,12-15,21-23,33,36H,2,4,8,11,16-20,24-25H2,1,3H3,(H,47,54)(H,48,55)(H,49,59)(H,56,57)(H3,45,46,58)/t33-,36-/m0/s1. The molecular formula is C43H49FN8O10. The van der Waals surface area contributed by atoms with E-state index in [1.54, 1.807) is 64.9 Å². The number of carbonyl (C=O) groups is 6. The summed E-state index contributed by atoms with van der Waals surface area (Å²) in [5.41, 5.74) is 6.58. The molecule has 3 aromatic carbocycles. The molecule has 4 aromatic rings. The maximum atomic E-state index is 15.3. The molecule has 0 bridgehead atoms. The van der Waals surface area contributed by atoms with Crippen molar-refractivity contribution in [3.05, 3.63) is 118 Å². The fraction of sp³-hybridized carbons (Fsp3) is 0.326. The second kappa shape index (κ2) is 21.2. The molecular weight excluding hydrogens is 808 g/mol. The number of aryl methyl sites for hydroxylation is 1. The number of piperazine rings is 1. The number of hydrogen-bond donors (Lipinski definition) is 6. The van der Waals surface area contributed by atoms with E-state index in [-0.39, 0.29) is 75.4 Å². The molecule has 1 aromatic heterocycles. The molecule has 0 aliphatic carbocycles. The number of halogens is 1. The van der Waals surface area contributed by atoms with E-state index in [0.717, 1.165) is 11.6 Å². The number of primary amides is 1.